The van der Waals surface area contributed by atoms with Crippen molar-refractivity contribution in [3.8, 4) is 0 Å². The van der Waals surface area contributed by atoms with Crippen LogP contribution in [-0.2, 0) is 16.0 Å². The maximum absolute atomic E-state index is 12.4. The van der Waals surface area contributed by atoms with Crippen LogP contribution in [0.25, 0.3) is 0 Å². The van der Waals surface area contributed by atoms with E-state index in [0.717, 1.165) is 36.1 Å². The third-order valence-corrected chi connectivity index (χ3v) is 4.66. The Morgan fingerprint density at radius 1 is 1.33 bits per heavy atom. The molecule has 2 aliphatic rings. The Hall–Kier alpha value is -2.04. The first-order chi connectivity index (χ1) is 11.3. The van der Waals surface area contributed by atoms with Gasteiger partial charge in [0.1, 0.15) is 5.60 Å². The fraction of sp³-hybridized carbons (Fsp3) is 0.579. The standard InChI is InChI=1S/C19H25NO4/c1-19(2,3)24-18(23)20-10-9-14-13(5-4-6-16(14)20)15(11-17(21)22)12-7-8-12/h4-6,12,15H,7-11H2,1-3H3,(H,21,22). The number of amides is 1. The molecule has 24 heavy (non-hydrogen) atoms. The van der Waals surface area contributed by atoms with Crippen molar-refractivity contribution in [1.82, 2.24) is 0 Å². The molecule has 1 aromatic rings. The number of carboxylic acids is 1. The normalized spacial score (nSPS) is 18.2. The molecule has 0 spiro atoms. The minimum absolute atomic E-state index is 0.0519. The van der Waals surface area contributed by atoms with Crippen LogP contribution in [0.4, 0.5) is 10.5 Å². The first kappa shape index (κ1) is 16.8. The van der Waals surface area contributed by atoms with E-state index in [2.05, 4.69) is 0 Å². The molecule has 0 saturated heterocycles. The predicted molar refractivity (Wildman–Crippen MR) is 91.4 cm³/mol. The molecule has 130 valence electrons. The Bertz CT molecular complexity index is 658. The van der Waals surface area contributed by atoms with Crippen LogP contribution in [0.3, 0.4) is 0 Å². The molecule has 1 atom stereocenters. The van der Waals surface area contributed by atoms with E-state index in [1.54, 1.807) is 4.90 Å². The van der Waals surface area contributed by atoms with Gasteiger partial charge in [0.2, 0.25) is 0 Å². The maximum atomic E-state index is 12.4. The molecule has 1 heterocycles. The van der Waals surface area contributed by atoms with Gasteiger partial charge < -0.3 is 9.84 Å². The number of anilines is 1. The molecule has 0 bridgehead atoms. The second-order valence-electron chi connectivity index (χ2n) is 7.77. The highest BCUT2D eigenvalue weighted by atomic mass is 16.6. The summed E-state index contributed by atoms with van der Waals surface area (Å²) in [6.45, 7) is 6.16. The lowest BCUT2D eigenvalue weighted by Crippen LogP contribution is -2.35. The van der Waals surface area contributed by atoms with E-state index in [9.17, 15) is 14.7 Å². The van der Waals surface area contributed by atoms with Crippen molar-refractivity contribution in [3.05, 3.63) is 29.3 Å². The van der Waals surface area contributed by atoms with Crippen LogP contribution in [0.15, 0.2) is 18.2 Å². The number of benzene rings is 1. The van der Waals surface area contributed by atoms with E-state index in [-0.39, 0.29) is 18.4 Å². The fourth-order valence-electron chi connectivity index (χ4n) is 3.53. The quantitative estimate of drug-likeness (QED) is 0.907. The third kappa shape index (κ3) is 3.55. The Balaban J connectivity index is 1.88. The van der Waals surface area contributed by atoms with Crippen molar-refractivity contribution >= 4 is 17.7 Å². The number of nitrogens with zero attached hydrogens (tertiary/aromatic N) is 1. The summed E-state index contributed by atoms with van der Waals surface area (Å²) in [5, 5.41) is 9.25. The number of rotatable bonds is 4. The number of fused-ring (bicyclic) bond motifs is 1. The molecule has 5 heteroatoms. The van der Waals surface area contributed by atoms with Gasteiger partial charge in [-0.3, -0.25) is 9.69 Å². The average Bonchev–Trinajstić information content (AvgIpc) is 3.20. The van der Waals surface area contributed by atoms with E-state index in [1.165, 1.54) is 0 Å². The summed E-state index contributed by atoms with van der Waals surface area (Å²) in [5.41, 5.74) is 2.56. The minimum atomic E-state index is -0.758. The molecule has 1 fully saturated rings. The molecule has 1 aromatic carbocycles. The molecule has 1 amide bonds. The largest absolute Gasteiger partial charge is 0.481 e. The maximum Gasteiger partial charge on any atom is 0.414 e. The van der Waals surface area contributed by atoms with Crippen LogP contribution >= 0.6 is 0 Å². The summed E-state index contributed by atoms with van der Waals surface area (Å²) >= 11 is 0. The number of ether oxygens (including phenoxy) is 1. The fourth-order valence-corrected chi connectivity index (χ4v) is 3.53. The molecule has 1 saturated carbocycles. The lowest BCUT2D eigenvalue weighted by atomic mass is 9.87. The highest BCUT2D eigenvalue weighted by Crippen LogP contribution is 2.47. The summed E-state index contributed by atoms with van der Waals surface area (Å²) in [4.78, 5) is 25.4. The van der Waals surface area contributed by atoms with Crippen LogP contribution in [-0.4, -0.2) is 29.3 Å². The summed E-state index contributed by atoms with van der Waals surface area (Å²) < 4.78 is 5.50. The molecule has 1 unspecified atom stereocenters. The molecular formula is C19H25NO4. The summed E-state index contributed by atoms with van der Waals surface area (Å²) in [7, 11) is 0. The predicted octanol–water partition coefficient (Wildman–Crippen LogP) is 3.95. The SMILES string of the molecule is CC(C)(C)OC(=O)N1CCc2c(C(CC(=O)O)C3CC3)cccc21. The number of carboxylic acid groups (broad SMARTS) is 1. The van der Waals surface area contributed by atoms with Gasteiger partial charge in [0, 0.05) is 6.54 Å². The van der Waals surface area contributed by atoms with Gasteiger partial charge in [-0.1, -0.05) is 12.1 Å². The topological polar surface area (TPSA) is 66.8 Å². The van der Waals surface area contributed by atoms with E-state index in [4.69, 9.17) is 4.74 Å². The highest BCUT2D eigenvalue weighted by molar-refractivity contribution is 5.91. The van der Waals surface area contributed by atoms with Crippen LogP contribution in [0.1, 0.15) is 57.1 Å². The smallest absolute Gasteiger partial charge is 0.414 e. The van der Waals surface area contributed by atoms with Crippen molar-refractivity contribution in [3.63, 3.8) is 0 Å². The summed E-state index contributed by atoms with van der Waals surface area (Å²) in [5.74, 6) is -0.245. The van der Waals surface area contributed by atoms with Gasteiger partial charge in [-0.25, -0.2) is 4.79 Å². The van der Waals surface area contributed by atoms with Gasteiger partial charge in [0.05, 0.1) is 12.1 Å². The Kier molecular flexibility index (Phi) is 4.28. The van der Waals surface area contributed by atoms with Gasteiger partial charge in [-0.05, 0) is 69.1 Å². The number of hydrogen-bond donors (Lipinski definition) is 1. The first-order valence-corrected chi connectivity index (χ1v) is 8.60. The second-order valence-corrected chi connectivity index (χ2v) is 7.77. The molecule has 3 rings (SSSR count). The zero-order valence-corrected chi connectivity index (χ0v) is 14.5. The lowest BCUT2D eigenvalue weighted by molar-refractivity contribution is -0.137. The van der Waals surface area contributed by atoms with E-state index < -0.39 is 11.6 Å². The number of carbonyl (C=O) groups excluding carboxylic acids is 1. The van der Waals surface area contributed by atoms with Crippen molar-refractivity contribution in [1.29, 1.82) is 0 Å². The monoisotopic (exact) mass is 331 g/mol. The molecule has 0 radical (unpaired) electrons. The molecular weight excluding hydrogens is 306 g/mol. The minimum Gasteiger partial charge on any atom is -0.481 e. The Morgan fingerprint density at radius 2 is 2.04 bits per heavy atom. The van der Waals surface area contributed by atoms with Gasteiger partial charge in [-0.2, -0.15) is 0 Å². The first-order valence-electron chi connectivity index (χ1n) is 8.60. The molecule has 0 aromatic heterocycles. The lowest BCUT2D eigenvalue weighted by Gasteiger charge is -2.25. The zero-order valence-electron chi connectivity index (χ0n) is 14.5. The number of hydrogen-bond acceptors (Lipinski definition) is 3. The van der Waals surface area contributed by atoms with Crippen LogP contribution in [0.5, 0.6) is 0 Å². The van der Waals surface area contributed by atoms with Gasteiger partial charge >= 0.3 is 12.1 Å². The molecule has 1 aliphatic carbocycles. The number of aliphatic carboxylic acids is 1. The van der Waals surface area contributed by atoms with Gasteiger partial charge in [0.15, 0.2) is 0 Å². The second kappa shape index (κ2) is 6.11. The average molecular weight is 331 g/mol. The highest BCUT2D eigenvalue weighted by Gasteiger charge is 2.37. The molecule has 1 aliphatic heterocycles. The zero-order chi connectivity index (χ0) is 17.5. The van der Waals surface area contributed by atoms with E-state index in [1.807, 2.05) is 39.0 Å². The van der Waals surface area contributed by atoms with Gasteiger partial charge in [-0.15, -0.1) is 0 Å². The van der Waals surface area contributed by atoms with Crippen molar-refractivity contribution < 1.29 is 19.4 Å². The Labute approximate surface area is 142 Å². The molecule has 5 nitrogen and oxygen atoms in total. The van der Waals surface area contributed by atoms with E-state index >= 15 is 0 Å². The van der Waals surface area contributed by atoms with E-state index in [0.29, 0.717) is 12.5 Å². The number of carbonyl (C=O) groups is 2. The Morgan fingerprint density at radius 3 is 2.62 bits per heavy atom. The van der Waals surface area contributed by atoms with Crippen molar-refractivity contribution in [2.24, 2.45) is 5.92 Å². The van der Waals surface area contributed by atoms with Gasteiger partial charge in [0.25, 0.3) is 0 Å². The summed E-state index contributed by atoms with van der Waals surface area (Å²) in [6, 6.07) is 5.89. The van der Waals surface area contributed by atoms with Crippen LogP contribution in [0.2, 0.25) is 0 Å². The summed E-state index contributed by atoms with van der Waals surface area (Å²) in [6.07, 6.45) is 2.77. The third-order valence-electron chi connectivity index (χ3n) is 4.66. The van der Waals surface area contributed by atoms with Crippen LogP contribution in [0, 0.1) is 5.92 Å². The van der Waals surface area contributed by atoms with Crippen LogP contribution < -0.4 is 4.90 Å². The molecule has 1 N–H and O–H groups in total. The van der Waals surface area contributed by atoms with Crippen molar-refractivity contribution in [2.75, 3.05) is 11.4 Å². The van der Waals surface area contributed by atoms with Crippen molar-refractivity contribution in [2.45, 2.75) is 58.0 Å².